The van der Waals surface area contributed by atoms with Gasteiger partial charge in [0.1, 0.15) is 5.67 Å². The van der Waals surface area contributed by atoms with Gasteiger partial charge in [-0.05, 0) is 37.0 Å². The fraction of sp³-hybridized carbons (Fsp3) is 0.538. The molecule has 0 heterocycles. The van der Waals surface area contributed by atoms with Crippen molar-refractivity contribution in [1.29, 1.82) is 0 Å². The molecule has 0 aliphatic heterocycles. The van der Waals surface area contributed by atoms with Crippen LogP contribution in [0.3, 0.4) is 0 Å². The Morgan fingerprint density at radius 3 is 2.40 bits per heavy atom. The minimum absolute atomic E-state index is 0.0937. The van der Waals surface area contributed by atoms with Gasteiger partial charge >= 0.3 is 0 Å². The first kappa shape index (κ1) is 12.2. The number of benzene rings is 1. The Bertz CT molecular complexity index is 329. The quantitative estimate of drug-likeness (QED) is 0.810. The number of halogens is 1. The predicted octanol–water partition coefficient (Wildman–Crippen LogP) is 2.92. The molecule has 0 radical (unpaired) electrons. The Labute approximate surface area is 91.5 Å². The normalized spacial score (nSPS) is 15.0. The lowest BCUT2D eigenvalue weighted by molar-refractivity contribution is 0.167. The van der Waals surface area contributed by atoms with E-state index in [1.807, 2.05) is 26.0 Å². The maximum absolute atomic E-state index is 14.0. The summed E-state index contributed by atoms with van der Waals surface area (Å²) in [5, 5.41) is 0. The van der Waals surface area contributed by atoms with Crippen LogP contribution in [0.5, 0.6) is 0 Å². The highest BCUT2D eigenvalue weighted by Crippen LogP contribution is 2.22. The summed E-state index contributed by atoms with van der Waals surface area (Å²) in [6.07, 6.45) is 0.886. The van der Waals surface area contributed by atoms with Gasteiger partial charge in [0.25, 0.3) is 0 Å². The Kier molecular flexibility index (Phi) is 3.86. The number of alkyl halides is 1. The zero-order chi connectivity index (χ0) is 11.5. The third-order valence-electron chi connectivity index (χ3n) is 3.09. The van der Waals surface area contributed by atoms with E-state index in [0.717, 1.165) is 5.56 Å². The maximum Gasteiger partial charge on any atom is 0.126 e. The molecule has 0 aliphatic rings. The maximum atomic E-state index is 14.0. The standard InChI is InChI=1S/C13H20FN/c1-4-13(14,9-15)8-12-6-5-10(2)11(3)7-12/h5-7H,4,8-9,15H2,1-3H3. The molecule has 0 saturated heterocycles. The molecule has 0 aromatic heterocycles. The average molecular weight is 209 g/mol. The Hall–Kier alpha value is -0.890. The molecular formula is C13H20FN. The van der Waals surface area contributed by atoms with Crippen LogP contribution >= 0.6 is 0 Å². The monoisotopic (exact) mass is 209 g/mol. The molecule has 1 aromatic rings. The Balaban J connectivity index is 2.85. The predicted molar refractivity (Wildman–Crippen MR) is 62.8 cm³/mol. The molecular weight excluding hydrogens is 189 g/mol. The summed E-state index contributed by atoms with van der Waals surface area (Å²) >= 11 is 0. The first-order valence-corrected chi connectivity index (χ1v) is 5.46. The van der Waals surface area contributed by atoms with Crippen LogP contribution in [0, 0.1) is 13.8 Å². The molecule has 1 aromatic carbocycles. The van der Waals surface area contributed by atoms with E-state index in [2.05, 4.69) is 13.0 Å². The second-order valence-electron chi connectivity index (χ2n) is 4.30. The molecule has 15 heavy (non-hydrogen) atoms. The van der Waals surface area contributed by atoms with Gasteiger partial charge in [-0.3, -0.25) is 0 Å². The molecule has 2 heteroatoms. The lowest BCUT2D eigenvalue weighted by Crippen LogP contribution is -2.34. The van der Waals surface area contributed by atoms with Crippen LogP contribution in [0.25, 0.3) is 0 Å². The molecule has 0 spiro atoms. The summed E-state index contributed by atoms with van der Waals surface area (Å²) in [4.78, 5) is 0. The summed E-state index contributed by atoms with van der Waals surface area (Å²) < 4.78 is 14.0. The highest BCUT2D eigenvalue weighted by Gasteiger charge is 2.25. The summed E-state index contributed by atoms with van der Waals surface area (Å²) in [5.74, 6) is 0. The van der Waals surface area contributed by atoms with Gasteiger partial charge in [-0.15, -0.1) is 0 Å². The van der Waals surface area contributed by atoms with Gasteiger partial charge in [-0.2, -0.15) is 0 Å². The van der Waals surface area contributed by atoms with E-state index >= 15 is 0 Å². The largest absolute Gasteiger partial charge is 0.328 e. The zero-order valence-corrected chi connectivity index (χ0v) is 9.81. The number of hydrogen-bond acceptors (Lipinski definition) is 1. The number of hydrogen-bond donors (Lipinski definition) is 1. The zero-order valence-electron chi connectivity index (χ0n) is 9.81. The Morgan fingerprint density at radius 1 is 1.27 bits per heavy atom. The van der Waals surface area contributed by atoms with Crippen molar-refractivity contribution in [3.05, 3.63) is 34.9 Å². The molecule has 0 aliphatic carbocycles. The van der Waals surface area contributed by atoms with Crippen molar-refractivity contribution in [2.75, 3.05) is 6.54 Å². The number of nitrogens with two attached hydrogens (primary N) is 1. The van der Waals surface area contributed by atoms with E-state index in [4.69, 9.17) is 5.73 Å². The molecule has 0 fully saturated rings. The molecule has 1 nitrogen and oxygen atoms in total. The van der Waals surface area contributed by atoms with E-state index in [-0.39, 0.29) is 6.54 Å². The minimum atomic E-state index is -1.25. The van der Waals surface area contributed by atoms with Crippen LogP contribution in [-0.4, -0.2) is 12.2 Å². The van der Waals surface area contributed by atoms with Crippen molar-refractivity contribution < 1.29 is 4.39 Å². The van der Waals surface area contributed by atoms with E-state index in [1.54, 1.807) is 0 Å². The second-order valence-corrected chi connectivity index (χ2v) is 4.30. The average Bonchev–Trinajstić information content (AvgIpc) is 2.23. The van der Waals surface area contributed by atoms with Gasteiger partial charge in [0.2, 0.25) is 0 Å². The van der Waals surface area contributed by atoms with Crippen molar-refractivity contribution in [2.24, 2.45) is 5.73 Å². The van der Waals surface area contributed by atoms with Gasteiger partial charge in [0.05, 0.1) is 0 Å². The molecule has 84 valence electrons. The third kappa shape index (κ3) is 3.03. The topological polar surface area (TPSA) is 26.0 Å². The van der Waals surface area contributed by atoms with E-state index < -0.39 is 5.67 Å². The van der Waals surface area contributed by atoms with Gasteiger partial charge in [0.15, 0.2) is 0 Å². The summed E-state index contributed by atoms with van der Waals surface area (Å²) in [5.41, 5.74) is 7.70. The van der Waals surface area contributed by atoms with E-state index in [0.29, 0.717) is 12.8 Å². The summed E-state index contributed by atoms with van der Waals surface area (Å²) in [6, 6.07) is 6.08. The van der Waals surface area contributed by atoms with E-state index in [9.17, 15) is 4.39 Å². The lowest BCUT2D eigenvalue weighted by Gasteiger charge is -2.22. The smallest absolute Gasteiger partial charge is 0.126 e. The SMILES string of the molecule is CCC(F)(CN)Cc1ccc(C)c(C)c1. The first-order chi connectivity index (χ1) is 7.00. The van der Waals surface area contributed by atoms with Crippen LogP contribution < -0.4 is 5.73 Å². The van der Waals surface area contributed by atoms with Crippen molar-refractivity contribution >= 4 is 0 Å². The van der Waals surface area contributed by atoms with Crippen molar-refractivity contribution in [2.45, 2.75) is 39.3 Å². The van der Waals surface area contributed by atoms with E-state index in [1.165, 1.54) is 11.1 Å². The summed E-state index contributed by atoms with van der Waals surface area (Å²) in [7, 11) is 0. The van der Waals surface area contributed by atoms with Crippen LogP contribution in [-0.2, 0) is 6.42 Å². The van der Waals surface area contributed by atoms with Crippen LogP contribution in [0.1, 0.15) is 30.0 Å². The fourth-order valence-electron chi connectivity index (χ4n) is 1.62. The number of rotatable bonds is 4. The molecule has 1 unspecified atom stereocenters. The highest BCUT2D eigenvalue weighted by atomic mass is 19.1. The van der Waals surface area contributed by atoms with Crippen LogP contribution in [0.4, 0.5) is 4.39 Å². The van der Waals surface area contributed by atoms with Gasteiger partial charge in [-0.1, -0.05) is 25.1 Å². The second kappa shape index (κ2) is 4.75. The van der Waals surface area contributed by atoms with Crippen molar-refractivity contribution in [3.63, 3.8) is 0 Å². The first-order valence-electron chi connectivity index (χ1n) is 5.46. The Morgan fingerprint density at radius 2 is 1.93 bits per heavy atom. The molecule has 2 N–H and O–H groups in total. The number of aryl methyl sites for hydroxylation is 2. The third-order valence-corrected chi connectivity index (χ3v) is 3.09. The van der Waals surface area contributed by atoms with Gasteiger partial charge in [-0.25, -0.2) is 4.39 Å². The molecule has 1 atom stereocenters. The molecule has 1 rings (SSSR count). The van der Waals surface area contributed by atoms with Crippen LogP contribution in [0.2, 0.25) is 0 Å². The lowest BCUT2D eigenvalue weighted by atomic mass is 9.92. The van der Waals surface area contributed by atoms with Gasteiger partial charge in [0, 0.05) is 13.0 Å². The van der Waals surface area contributed by atoms with Crippen molar-refractivity contribution in [3.8, 4) is 0 Å². The van der Waals surface area contributed by atoms with Crippen LogP contribution in [0.15, 0.2) is 18.2 Å². The summed E-state index contributed by atoms with van der Waals surface area (Å²) in [6.45, 7) is 6.04. The molecule has 0 amide bonds. The molecule has 0 bridgehead atoms. The van der Waals surface area contributed by atoms with Crippen molar-refractivity contribution in [1.82, 2.24) is 0 Å². The minimum Gasteiger partial charge on any atom is -0.328 e. The molecule has 0 saturated carbocycles. The highest BCUT2D eigenvalue weighted by molar-refractivity contribution is 5.30. The fourth-order valence-corrected chi connectivity index (χ4v) is 1.62. The van der Waals surface area contributed by atoms with Gasteiger partial charge < -0.3 is 5.73 Å².